The summed E-state index contributed by atoms with van der Waals surface area (Å²) in [5.41, 5.74) is 0.933. The zero-order valence-corrected chi connectivity index (χ0v) is 11.3. The summed E-state index contributed by atoms with van der Waals surface area (Å²) < 4.78 is 10.3. The molecule has 0 amide bonds. The Labute approximate surface area is 108 Å². The molecule has 6 nitrogen and oxygen atoms in total. The van der Waals surface area contributed by atoms with Crippen molar-refractivity contribution in [2.45, 2.75) is 19.6 Å². The molecule has 2 N–H and O–H groups in total. The summed E-state index contributed by atoms with van der Waals surface area (Å²) in [5.74, 6) is 0.744. The second-order valence-corrected chi connectivity index (χ2v) is 3.87. The van der Waals surface area contributed by atoms with Crippen molar-refractivity contribution in [3.05, 3.63) is 18.1 Å². The molecule has 0 radical (unpaired) electrons. The minimum Gasteiger partial charge on any atom is -0.382 e. The Morgan fingerprint density at radius 3 is 2.67 bits per heavy atom. The summed E-state index contributed by atoms with van der Waals surface area (Å²) in [4.78, 5) is 8.59. The lowest BCUT2D eigenvalue weighted by atomic mass is 10.3. The number of methoxy groups -OCH3 is 2. The topological polar surface area (TPSA) is 68.3 Å². The van der Waals surface area contributed by atoms with Gasteiger partial charge in [0.05, 0.1) is 30.8 Å². The van der Waals surface area contributed by atoms with Gasteiger partial charge >= 0.3 is 0 Å². The van der Waals surface area contributed by atoms with Gasteiger partial charge in [0.15, 0.2) is 0 Å². The van der Waals surface area contributed by atoms with E-state index in [1.54, 1.807) is 26.6 Å². The van der Waals surface area contributed by atoms with Gasteiger partial charge in [0.2, 0.25) is 0 Å². The maximum atomic E-state index is 5.24. The molecule has 1 rings (SSSR count). The van der Waals surface area contributed by atoms with Crippen LogP contribution in [0.3, 0.4) is 0 Å². The van der Waals surface area contributed by atoms with Gasteiger partial charge in [-0.15, -0.1) is 0 Å². The number of rotatable bonds is 9. The molecule has 0 aliphatic rings. The number of ether oxygens (including phenoxy) is 2. The second-order valence-electron chi connectivity index (χ2n) is 3.87. The van der Waals surface area contributed by atoms with Crippen molar-refractivity contribution in [3.8, 4) is 0 Å². The van der Waals surface area contributed by atoms with E-state index in [9.17, 15) is 0 Å². The highest BCUT2D eigenvalue weighted by Gasteiger charge is 2.06. The summed E-state index contributed by atoms with van der Waals surface area (Å²) in [6.45, 7) is 4.92. The zero-order valence-electron chi connectivity index (χ0n) is 11.3. The molecule has 0 fully saturated rings. The van der Waals surface area contributed by atoms with E-state index in [1.165, 1.54) is 0 Å². The van der Waals surface area contributed by atoms with E-state index in [-0.39, 0.29) is 6.10 Å². The van der Waals surface area contributed by atoms with E-state index in [1.807, 2.05) is 0 Å². The van der Waals surface area contributed by atoms with Crippen molar-refractivity contribution in [1.82, 2.24) is 15.3 Å². The van der Waals surface area contributed by atoms with Crippen LogP contribution in [0.2, 0.25) is 0 Å². The third-order valence-corrected chi connectivity index (χ3v) is 2.46. The van der Waals surface area contributed by atoms with Gasteiger partial charge in [-0.1, -0.05) is 6.92 Å². The van der Waals surface area contributed by atoms with Gasteiger partial charge in [-0.3, -0.25) is 4.98 Å². The number of hydrogen-bond donors (Lipinski definition) is 2. The van der Waals surface area contributed by atoms with Crippen molar-refractivity contribution in [2.75, 3.05) is 39.2 Å². The van der Waals surface area contributed by atoms with Gasteiger partial charge in [0.1, 0.15) is 5.82 Å². The molecule has 0 saturated heterocycles. The number of hydrogen-bond acceptors (Lipinski definition) is 6. The van der Waals surface area contributed by atoms with Crippen molar-refractivity contribution in [2.24, 2.45) is 0 Å². The summed E-state index contributed by atoms with van der Waals surface area (Å²) in [6, 6.07) is 0. The first-order valence-corrected chi connectivity index (χ1v) is 6.07. The molecule has 0 saturated carbocycles. The zero-order chi connectivity index (χ0) is 13.2. The van der Waals surface area contributed by atoms with Crippen LogP contribution in [0.5, 0.6) is 0 Å². The highest BCUT2D eigenvalue weighted by atomic mass is 16.5. The molecule has 1 atom stereocenters. The Bertz CT molecular complexity index is 318. The molecule has 1 aromatic heterocycles. The highest BCUT2D eigenvalue weighted by molar-refractivity contribution is 5.31. The molecule has 102 valence electrons. The summed E-state index contributed by atoms with van der Waals surface area (Å²) in [7, 11) is 3.32. The number of anilines is 1. The van der Waals surface area contributed by atoms with E-state index in [4.69, 9.17) is 9.47 Å². The highest BCUT2D eigenvalue weighted by Crippen LogP contribution is 2.02. The normalized spacial score (nSPS) is 12.4. The van der Waals surface area contributed by atoms with Gasteiger partial charge in [-0.2, -0.15) is 0 Å². The van der Waals surface area contributed by atoms with E-state index < -0.39 is 0 Å². The van der Waals surface area contributed by atoms with E-state index in [0.717, 1.165) is 24.6 Å². The molecular formula is C12H22N4O2. The average molecular weight is 254 g/mol. The van der Waals surface area contributed by atoms with E-state index in [2.05, 4.69) is 27.5 Å². The molecule has 0 aliphatic carbocycles. The molecule has 1 unspecified atom stereocenters. The molecule has 0 bridgehead atoms. The van der Waals surface area contributed by atoms with Crippen LogP contribution >= 0.6 is 0 Å². The fraction of sp³-hybridized carbons (Fsp3) is 0.667. The van der Waals surface area contributed by atoms with Crippen LogP contribution in [0.1, 0.15) is 12.6 Å². The maximum absolute atomic E-state index is 5.24. The molecule has 6 heteroatoms. The van der Waals surface area contributed by atoms with Crippen molar-refractivity contribution in [1.29, 1.82) is 0 Å². The predicted octanol–water partition coefficient (Wildman–Crippen LogP) is 0.659. The Morgan fingerprint density at radius 2 is 2.11 bits per heavy atom. The molecule has 0 aliphatic heterocycles. The van der Waals surface area contributed by atoms with E-state index >= 15 is 0 Å². The molecule has 1 heterocycles. The summed E-state index contributed by atoms with van der Waals surface area (Å²) in [6.07, 6.45) is 3.51. The number of aromatic nitrogens is 2. The Hall–Kier alpha value is -1.24. The smallest absolute Gasteiger partial charge is 0.144 e. The number of nitrogens with one attached hydrogen (secondary N) is 2. The lowest BCUT2D eigenvalue weighted by molar-refractivity contribution is 0.0365. The van der Waals surface area contributed by atoms with E-state index in [0.29, 0.717) is 13.2 Å². The Balaban J connectivity index is 2.38. The van der Waals surface area contributed by atoms with Gasteiger partial charge in [-0.05, 0) is 6.54 Å². The molecule has 0 aromatic carbocycles. The Morgan fingerprint density at radius 1 is 1.28 bits per heavy atom. The van der Waals surface area contributed by atoms with Gasteiger partial charge in [-0.25, -0.2) is 4.98 Å². The first-order chi connectivity index (χ1) is 8.80. The van der Waals surface area contributed by atoms with Crippen LogP contribution in [-0.4, -0.2) is 50.0 Å². The third-order valence-electron chi connectivity index (χ3n) is 2.46. The Kier molecular flexibility index (Phi) is 7.24. The van der Waals surface area contributed by atoms with Gasteiger partial charge in [0.25, 0.3) is 0 Å². The number of nitrogens with zero attached hydrogens (tertiary/aromatic N) is 2. The molecular weight excluding hydrogens is 232 g/mol. The lowest BCUT2D eigenvalue weighted by Crippen LogP contribution is -2.27. The van der Waals surface area contributed by atoms with Crippen molar-refractivity contribution < 1.29 is 9.47 Å². The largest absolute Gasteiger partial charge is 0.382 e. The van der Waals surface area contributed by atoms with Crippen molar-refractivity contribution in [3.63, 3.8) is 0 Å². The van der Waals surface area contributed by atoms with Crippen LogP contribution in [0.15, 0.2) is 12.4 Å². The monoisotopic (exact) mass is 254 g/mol. The minimum atomic E-state index is 0.0123. The first kappa shape index (κ1) is 14.8. The fourth-order valence-corrected chi connectivity index (χ4v) is 1.41. The van der Waals surface area contributed by atoms with Gasteiger partial charge < -0.3 is 20.1 Å². The quantitative estimate of drug-likeness (QED) is 0.675. The minimum absolute atomic E-state index is 0.0123. The standard InChI is InChI=1S/C12H22N4O2/c1-4-13-5-10-6-15-12(8-14-10)16-7-11(18-3)9-17-2/h6,8,11,13H,4-5,7,9H2,1-3H3,(H,15,16). The predicted molar refractivity (Wildman–Crippen MR) is 70.6 cm³/mol. The maximum Gasteiger partial charge on any atom is 0.144 e. The molecule has 0 spiro atoms. The SMILES string of the molecule is CCNCc1cnc(NCC(COC)OC)cn1. The first-order valence-electron chi connectivity index (χ1n) is 6.07. The van der Waals surface area contributed by atoms with Crippen LogP contribution < -0.4 is 10.6 Å². The molecule has 1 aromatic rings. The van der Waals surface area contributed by atoms with Crippen LogP contribution in [-0.2, 0) is 16.0 Å². The summed E-state index contributed by atoms with van der Waals surface area (Å²) in [5, 5.41) is 6.37. The second kappa shape index (κ2) is 8.79. The fourth-order valence-electron chi connectivity index (χ4n) is 1.41. The van der Waals surface area contributed by atoms with Crippen LogP contribution in [0.25, 0.3) is 0 Å². The van der Waals surface area contributed by atoms with Crippen LogP contribution in [0, 0.1) is 0 Å². The van der Waals surface area contributed by atoms with Crippen molar-refractivity contribution >= 4 is 5.82 Å². The lowest BCUT2D eigenvalue weighted by Gasteiger charge is -2.15. The third kappa shape index (κ3) is 5.39. The van der Waals surface area contributed by atoms with Crippen LogP contribution in [0.4, 0.5) is 5.82 Å². The van der Waals surface area contributed by atoms with Gasteiger partial charge in [0, 0.05) is 27.3 Å². The summed E-state index contributed by atoms with van der Waals surface area (Å²) >= 11 is 0. The average Bonchev–Trinajstić information content (AvgIpc) is 2.42. The molecule has 18 heavy (non-hydrogen) atoms.